The molecule has 2 amide bonds. The lowest BCUT2D eigenvalue weighted by Gasteiger charge is -2.05. The molecule has 17 heavy (non-hydrogen) atoms. The van der Waals surface area contributed by atoms with E-state index in [0.717, 1.165) is 0 Å². The second-order valence-corrected chi connectivity index (χ2v) is 3.27. The molecular formula is C10H14N4O3. The number of hydrogen-bond donors (Lipinski definition) is 3. The number of carbonyl (C=O) groups is 2. The van der Waals surface area contributed by atoms with Crippen molar-refractivity contribution >= 4 is 11.8 Å². The normalized spacial score (nSPS) is 9.71. The molecule has 0 bridgehead atoms. The fourth-order valence-electron chi connectivity index (χ4n) is 1.06. The maximum absolute atomic E-state index is 11.5. The quantitative estimate of drug-likeness (QED) is 0.574. The molecule has 1 rings (SSSR count). The molecule has 0 unspecified atom stereocenters. The van der Waals surface area contributed by atoms with Gasteiger partial charge in [0.2, 0.25) is 5.91 Å². The van der Waals surface area contributed by atoms with Gasteiger partial charge in [0.05, 0.1) is 0 Å². The highest BCUT2D eigenvalue weighted by Crippen LogP contribution is 1.87. The minimum Gasteiger partial charge on any atom is -0.354 e. The lowest BCUT2D eigenvalue weighted by molar-refractivity contribution is -0.120. The summed E-state index contributed by atoms with van der Waals surface area (Å²) in [5.41, 5.74) is -0.233. The van der Waals surface area contributed by atoms with Crippen molar-refractivity contribution < 1.29 is 9.59 Å². The molecule has 1 aromatic heterocycles. The lowest BCUT2D eigenvalue weighted by Crippen LogP contribution is -2.35. The molecule has 0 atom stereocenters. The molecule has 3 N–H and O–H groups in total. The average Bonchev–Trinajstić information content (AvgIpc) is 2.34. The van der Waals surface area contributed by atoms with E-state index in [4.69, 9.17) is 0 Å². The third-order valence-corrected chi connectivity index (χ3v) is 1.97. The van der Waals surface area contributed by atoms with Crippen LogP contribution in [0.3, 0.4) is 0 Å². The molecule has 0 aliphatic heterocycles. The summed E-state index contributed by atoms with van der Waals surface area (Å²) < 4.78 is 0. The first-order chi connectivity index (χ1) is 8.13. The van der Waals surface area contributed by atoms with Crippen LogP contribution >= 0.6 is 0 Å². The molecule has 0 aromatic carbocycles. The molecule has 0 saturated heterocycles. The number of nitrogens with one attached hydrogen (secondary N) is 3. The van der Waals surface area contributed by atoms with Crippen molar-refractivity contribution in [1.29, 1.82) is 0 Å². The maximum Gasteiger partial charge on any atom is 0.271 e. The second kappa shape index (κ2) is 6.41. The van der Waals surface area contributed by atoms with Crippen LogP contribution in [0.25, 0.3) is 0 Å². The summed E-state index contributed by atoms with van der Waals surface area (Å²) in [7, 11) is 0. The smallest absolute Gasteiger partial charge is 0.271 e. The van der Waals surface area contributed by atoms with E-state index in [1.807, 2.05) is 0 Å². The van der Waals surface area contributed by atoms with E-state index in [9.17, 15) is 14.4 Å². The van der Waals surface area contributed by atoms with Crippen LogP contribution in [0.2, 0.25) is 0 Å². The van der Waals surface area contributed by atoms with Crippen molar-refractivity contribution in [3.05, 3.63) is 28.2 Å². The Morgan fingerprint density at radius 3 is 2.59 bits per heavy atom. The number of rotatable bonds is 5. The Morgan fingerprint density at radius 2 is 2.00 bits per heavy atom. The summed E-state index contributed by atoms with van der Waals surface area (Å²) in [6.45, 7) is 2.42. The number of aromatic nitrogens is 2. The highest BCUT2D eigenvalue weighted by Gasteiger charge is 2.06. The summed E-state index contributed by atoms with van der Waals surface area (Å²) in [6, 6.07) is 2.56. The van der Waals surface area contributed by atoms with Gasteiger partial charge in [0.1, 0.15) is 5.69 Å². The SMILES string of the molecule is CCC(=O)NCCNC(=O)c1ccc(=O)[nH]n1. The first-order valence-corrected chi connectivity index (χ1v) is 5.24. The predicted octanol–water partition coefficient (Wildman–Crippen LogP) is -0.974. The van der Waals surface area contributed by atoms with E-state index < -0.39 is 5.91 Å². The fourth-order valence-corrected chi connectivity index (χ4v) is 1.06. The van der Waals surface area contributed by atoms with Crippen molar-refractivity contribution in [3.8, 4) is 0 Å². The summed E-state index contributed by atoms with van der Waals surface area (Å²) in [4.78, 5) is 33.1. The molecule has 0 aliphatic carbocycles. The van der Waals surface area contributed by atoms with Crippen LogP contribution in [0.4, 0.5) is 0 Å². The number of aromatic amines is 1. The van der Waals surface area contributed by atoms with Gasteiger partial charge in [-0.15, -0.1) is 0 Å². The van der Waals surface area contributed by atoms with Crippen molar-refractivity contribution in [2.45, 2.75) is 13.3 Å². The molecule has 0 aliphatic rings. The van der Waals surface area contributed by atoms with Gasteiger partial charge < -0.3 is 10.6 Å². The van der Waals surface area contributed by atoms with E-state index in [2.05, 4.69) is 20.8 Å². The van der Waals surface area contributed by atoms with E-state index in [-0.39, 0.29) is 17.2 Å². The van der Waals surface area contributed by atoms with E-state index in [1.165, 1.54) is 12.1 Å². The molecule has 1 heterocycles. The average molecular weight is 238 g/mol. The van der Waals surface area contributed by atoms with Crippen molar-refractivity contribution in [3.63, 3.8) is 0 Å². The highest BCUT2D eigenvalue weighted by atomic mass is 16.2. The Kier molecular flexibility index (Phi) is 4.86. The van der Waals surface area contributed by atoms with Crippen LogP contribution in [-0.4, -0.2) is 35.1 Å². The van der Waals surface area contributed by atoms with E-state index in [0.29, 0.717) is 19.5 Å². The zero-order valence-corrected chi connectivity index (χ0v) is 9.45. The molecule has 0 fully saturated rings. The standard InChI is InChI=1S/C10H14N4O3/c1-2-8(15)11-5-6-12-10(17)7-3-4-9(16)14-13-7/h3-4H,2,5-6H2,1H3,(H,11,15)(H,12,17)(H,14,16). The molecule has 0 spiro atoms. The number of hydrogen-bond acceptors (Lipinski definition) is 4. The van der Waals surface area contributed by atoms with Crippen molar-refractivity contribution in [1.82, 2.24) is 20.8 Å². The first-order valence-electron chi connectivity index (χ1n) is 5.24. The number of carbonyl (C=O) groups excluding carboxylic acids is 2. The number of amides is 2. The van der Waals surface area contributed by atoms with Gasteiger partial charge in [-0.2, -0.15) is 5.10 Å². The Bertz CT molecular complexity index is 435. The van der Waals surface area contributed by atoms with Gasteiger partial charge in [0, 0.05) is 25.6 Å². The number of nitrogens with zero attached hydrogens (tertiary/aromatic N) is 1. The number of H-pyrrole nitrogens is 1. The molecule has 0 saturated carbocycles. The highest BCUT2D eigenvalue weighted by molar-refractivity contribution is 5.91. The van der Waals surface area contributed by atoms with Gasteiger partial charge in [-0.3, -0.25) is 14.4 Å². The zero-order valence-electron chi connectivity index (χ0n) is 9.45. The minimum atomic E-state index is -0.396. The second-order valence-electron chi connectivity index (χ2n) is 3.27. The molecular weight excluding hydrogens is 224 g/mol. The summed E-state index contributed by atoms with van der Waals surface area (Å²) in [6.07, 6.45) is 0.412. The third-order valence-electron chi connectivity index (χ3n) is 1.97. The Hall–Kier alpha value is -2.18. The van der Waals surface area contributed by atoms with Crippen LogP contribution in [0.1, 0.15) is 23.8 Å². The molecule has 1 aromatic rings. The summed E-state index contributed by atoms with van der Waals surface area (Å²) in [5.74, 6) is -0.464. The van der Waals surface area contributed by atoms with Gasteiger partial charge in [0.25, 0.3) is 11.5 Å². The van der Waals surface area contributed by atoms with Gasteiger partial charge in [-0.25, -0.2) is 5.10 Å². The van der Waals surface area contributed by atoms with Crippen molar-refractivity contribution in [2.75, 3.05) is 13.1 Å². The lowest BCUT2D eigenvalue weighted by atomic mass is 10.3. The van der Waals surface area contributed by atoms with E-state index in [1.54, 1.807) is 6.92 Å². The molecule has 0 radical (unpaired) electrons. The van der Waals surface area contributed by atoms with Crippen LogP contribution in [0.15, 0.2) is 16.9 Å². The zero-order chi connectivity index (χ0) is 12.7. The van der Waals surface area contributed by atoms with Gasteiger partial charge in [-0.05, 0) is 6.07 Å². The largest absolute Gasteiger partial charge is 0.354 e. The monoisotopic (exact) mass is 238 g/mol. The Balaban J connectivity index is 2.33. The predicted molar refractivity (Wildman–Crippen MR) is 60.5 cm³/mol. The third kappa shape index (κ3) is 4.45. The topological polar surface area (TPSA) is 104 Å². The van der Waals surface area contributed by atoms with E-state index >= 15 is 0 Å². The Labute approximate surface area is 97.6 Å². The molecule has 92 valence electrons. The van der Waals surface area contributed by atoms with Crippen molar-refractivity contribution in [2.24, 2.45) is 0 Å². The van der Waals surface area contributed by atoms with Gasteiger partial charge >= 0.3 is 0 Å². The van der Waals surface area contributed by atoms with Crippen LogP contribution in [0.5, 0.6) is 0 Å². The minimum absolute atomic E-state index is 0.0681. The van der Waals surface area contributed by atoms with Crippen LogP contribution in [-0.2, 0) is 4.79 Å². The fraction of sp³-hybridized carbons (Fsp3) is 0.400. The maximum atomic E-state index is 11.5. The summed E-state index contributed by atoms with van der Waals surface area (Å²) in [5, 5.41) is 10.9. The summed E-state index contributed by atoms with van der Waals surface area (Å²) >= 11 is 0. The first kappa shape index (κ1) is 12.9. The molecule has 7 nitrogen and oxygen atoms in total. The van der Waals surface area contributed by atoms with Gasteiger partial charge in [-0.1, -0.05) is 6.92 Å². The van der Waals surface area contributed by atoms with Crippen LogP contribution < -0.4 is 16.2 Å². The van der Waals surface area contributed by atoms with Gasteiger partial charge in [0.15, 0.2) is 0 Å². The van der Waals surface area contributed by atoms with Crippen LogP contribution in [0, 0.1) is 0 Å². The molecule has 7 heteroatoms. The Morgan fingerprint density at radius 1 is 1.29 bits per heavy atom.